The van der Waals surface area contributed by atoms with E-state index < -0.39 is 11.8 Å². The number of amides is 2. The molecule has 0 bridgehead atoms. The lowest BCUT2D eigenvalue weighted by molar-refractivity contribution is -0.136. The third-order valence-corrected chi connectivity index (χ3v) is 5.74. The zero-order valence-electron chi connectivity index (χ0n) is 17.3. The van der Waals surface area contributed by atoms with Gasteiger partial charge in [0.05, 0.1) is 6.04 Å². The van der Waals surface area contributed by atoms with Crippen LogP contribution in [-0.4, -0.2) is 50.9 Å². The minimum atomic E-state index is -0.710. The van der Waals surface area contributed by atoms with E-state index in [0.29, 0.717) is 17.3 Å². The molecule has 154 valence electrons. The second-order valence-electron chi connectivity index (χ2n) is 7.67. The number of carbonyl (C=O) groups is 2. The number of nitrogens with one attached hydrogen (secondary N) is 2. The van der Waals surface area contributed by atoms with Crippen LogP contribution in [0.25, 0.3) is 0 Å². The molecular weight excluding hydrogens is 388 g/mol. The Morgan fingerprint density at radius 1 is 1.17 bits per heavy atom. The highest BCUT2D eigenvalue weighted by molar-refractivity contribution is 6.39. The van der Waals surface area contributed by atoms with Crippen LogP contribution < -0.4 is 15.5 Å². The number of benzene rings is 2. The minimum absolute atomic E-state index is 0.0308. The van der Waals surface area contributed by atoms with Crippen molar-refractivity contribution in [1.82, 2.24) is 10.2 Å². The lowest BCUT2D eigenvalue weighted by Crippen LogP contribution is -2.40. The van der Waals surface area contributed by atoms with Crippen molar-refractivity contribution in [1.29, 1.82) is 0 Å². The SMILES string of the molecule is Cc1ccc(NC(=O)C(=O)NCC(c2ccc3c(c2)CCN3C)N(C)C)cc1Cl. The first kappa shape index (κ1) is 21.1. The Balaban J connectivity index is 1.63. The van der Waals surface area contributed by atoms with Gasteiger partial charge in [-0.25, -0.2) is 0 Å². The van der Waals surface area contributed by atoms with E-state index in [1.165, 1.54) is 11.3 Å². The summed E-state index contributed by atoms with van der Waals surface area (Å²) < 4.78 is 0. The molecule has 2 N–H and O–H groups in total. The van der Waals surface area contributed by atoms with Gasteiger partial charge in [-0.1, -0.05) is 29.8 Å². The van der Waals surface area contributed by atoms with Crippen molar-refractivity contribution in [3.63, 3.8) is 0 Å². The van der Waals surface area contributed by atoms with Crippen LogP contribution >= 0.6 is 11.6 Å². The predicted molar refractivity (Wildman–Crippen MR) is 118 cm³/mol. The van der Waals surface area contributed by atoms with Crippen molar-refractivity contribution in [3.8, 4) is 0 Å². The molecule has 6 nitrogen and oxygen atoms in total. The molecule has 2 aromatic rings. The fourth-order valence-corrected chi connectivity index (χ4v) is 3.70. The quantitative estimate of drug-likeness (QED) is 0.738. The van der Waals surface area contributed by atoms with E-state index >= 15 is 0 Å². The van der Waals surface area contributed by atoms with Crippen molar-refractivity contribution in [2.75, 3.05) is 44.4 Å². The number of fused-ring (bicyclic) bond motifs is 1. The first-order chi connectivity index (χ1) is 13.8. The first-order valence-electron chi connectivity index (χ1n) is 9.62. The number of hydrogen-bond donors (Lipinski definition) is 2. The number of carbonyl (C=O) groups excluding carboxylic acids is 2. The highest BCUT2D eigenvalue weighted by Crippen LogP contribution is 2.30. The van der Waals surface area contributed by atoms with E-state index in [9.17, 15) is 9.59 Å². The zero-order chi connectivity index (χ0) is 21.1. The molecule has 7 heteroatoms. The summed E-state index contributed by atoms with van der Waals surface area (Å²) in [6.45, 7) is 3.23. The van der Waals surface area contributed by atoms with Gasteiger partial charge in [0.1, 0.15) is 0 Å². The normalized spacial score (nSPS) is 13.9. The van der Waals surface area contributed by atoms with Gasteiger partial charge in [-0.05, 0) is 62.3 Å². The molecule has 0 fully saturated rings. The molecule has 0 aliphatic carbocycles. The summed E-state index contributed by atoms with van der Waals surface area (Å²) in [4.78, 5) is 28.8. The summed E-state index contributed by atoms with van der Waals surface area (Å²) in [7, 11) is 6.02. The average molecular weight is 415 g/mol. The summed E-state index contributed by atoms with van der Waals surface area (Å²) in [5, 5.41) is 5.88. The molecule has 0 radical (unpaired) electrons. The fourth-order valence-electron chi connectivity index (χ4n) is 3.52. The van der Waals surface area contributed by atoms with Crippen LogP contribution in [0.1, 0.15) is 22.7 Å². The van der Waals surface area contributed by atoms with Gasteiger partial charge in [-0.2, -0.15) is 0 Å². The van der Waals surface area contributed by atoms with Crippen molar-refractivity contribution in [2.24, 2.45) is 0 Å². The highest BCUT2D eigenvalue weighted by atomic mass is 35.5. The molecule has 0 spiro atoms. The molecular formula is C22H27ClN4O2. The number of rotatable bonds is 5. The Bertz CT molecular complexity index is 929. The Morgan fingerprint density at radius 3 is 2.62 bits per heavy atom. The van der Waals surface area contributed by atoms with Crippen LogP contribution in [-0.2, 0) is 16.0 Å². The molecule has 1 atom stereocenters. The fraction of sp³-hybridized carbons (Fsp3) is 0.364. The third-order valence-electron chi connectivity index (χ3n) is 5.33. The summed E-state index contributed by atoms with van der Waals surface area (Å²) in [5.74, 6) is -1.38. The van der Waals surface area contributed by atoms with Crippen LogP contribution in [0.2, 0.25) is 5.02 Å². The topological polar surface area (TPSA) is 64.7 Å². The monoisotopic (exact) mass is 414 g/mol. The number of hydrogen-bond acceptors (Lipinski definition) is 4. The molecule has 2 amide bonds. The van der Waals surface area contributed by atoms with Crippen molar-refractivity contribution < 1.29 is 9.59 Å². The van der Waals surface area contributed by atoms with Gasteiger partial charge < -0.3 is 20.4 Å². The lowest BCUT2D eigenvalue weighted by atomic mass is 10.0. The molecule has 0 saturated heterocycles. The third kappa shape index (κ3) is 4.89. The molecule has 29 heavy (non-hydrogen) atoms. The van der Waals surface area contributed by atoms with Crippen LogP contribution in [0.3, 0.4) is 0 Å². The zero-order valence-corrected chi connectivity index (χ0v) is 18.0. The van der Waals surface area contributed by atoms with Crippen LogP contribution in [0.4, 0.5) is 11.4 Å². The Labute approximate surface area is 176 Å². The maximum Gasteiger partial charge on any atom is 0.313 e. The van der Waals surface area contributed by atoms with Gasteiger partial charge in [0.25, 0.3) is 0 Å². The van der Waals surface area contributed by atoms with Crippen LogP contribution in [0, 0.1) is 6.92 Å². The minimum Gasteiger partial charge on any atom is -0.374 e. The highest BCUT2D eigenvalue weighted by Gasteiger charge is 2.22. The number of likely N-dealkylation sites (N-methyl/N-ethyl adjacent to an activating group) is 2. The summed E-state index contributed by atoms with van der Waals surface area (Å²) in [6.07, 6.45) is 1.02. The molecule has 1 unspecified atom stereocenters. The van der Waals surface area contributed by atoms with Crippen molar-refractivity contribution in [2.45, 2.75) is 19.4 Å². The van der Waals surface area contributed by atoms with Gasteiger partial charge in [0, 0.05) is 36.5 Å². The second kappa shape index (κ2) is 8.84. The van der Waals surface area contributed by atoms with Gasteiger partial charge in [0.15, 0.2) is 0 Å². The van der Waals surface area contributed by atoms with E-state index in [4.69, 9.17) is 11.6 Å². The van der Waals surface area contributed by atoms with Crippen LogP contribution in [0.5, 0.6) is 0 Å². The molecule has 1 heterocycles. The number of halogens is 1. The van der Waals surface area contributed by atoms with Gasteiger partial charge >= 0.3 is 11.8 Å². The number of aryl methyl sites for hydroxylation is 1. The smallest absolute Gasteiger partial charge is 0.313 e. The van der Waals surface area contributed by atoms with E-state index in [0.717, 1.165) is 24.1 Å². The summed E-state index contributed by atoms with van der Waals surface area (Å²) in [6, 6.07) is 11.5. The maximum absolute atomic E-state index is 12.3. The number of anilines is 2. The summed E-state index contributed by atoms with van der Waals surface area (Å²) >= 11 is 6.07. The van der Waals surface area contributed by atoms with E-state index in [2.05, 4.69) is 40.8 Å². The molecule has 0 saturated carbocycles. The second-order valence-corrected chi connectivity index (χ2v) is 8.07. The Morgan fingerprint density at radius 2 is 1.93 bits per heavy atom. The van der Waals surface area contributed by atoms with Gasteiger partial charge in [-0.3, -0.25) is 9.59 Å². The lowest BCUT2D eigenvalue weighted by Gasteiger charge is -2.26. The van der Waals surface area contributed by atoms with Crippen molar-refractivity contribution in [3.05, 3.63) is 58.1 Å². The molecule has 1 aliphatic rings. The Kier molecular flexibility index (Phi) is 6.45. The Hall–Kier alpha value is -2.57. The van der Waals surface area contributed by atoms with E-state index in [1.54, 1.807) is 18.2 Å². The first-order valence-corrected chi connectivity index (χ1v) is 9.99. The van der Waals surface area contributed by atoms with E-state index in [-0.39, 0.29) is 6.04 Å². The largest absolute Gasteiger partial charge is 0.374 e. The predicted octanol–water partition coefficient (Wildman–Crippen LogP) is 3.00. The van der Waals surface area contributed by atoms with Gasteiger partial charge in [0.2, 0.25) is 0 Å². The number of nitrogens with zero attached hydrogens (tertiary/aromatic N) is 2. The molecule has 2 aromatic carbocycles. The van der Waals surface area contributed by atoms with Gasteiger partial charge in [-0.15, -0.1) is 0 Å². The summed E-state index contributed by atoms with van der Waals surface area (Å²) in [5.41, 5.74) is 5.09. The van der Waals surface area contributed by atoms with Crippen LogP contribution in [0.15, 0.2) is 36.4 Å². The average Bonchev–Trinajstić information content (AvgIpc) is 3.05. The standard InChI is InChI=1S/C22H27ClN4O2/c1-14-5-7-17(12-18(14)23)25-22(29)21(28)24-13-20(26(2)3)15-6-8-19-16(11-15)9-10-27(19)4/h5-8,11-12,20H,9-10,13H2,1-4H3,(H,24,28)(H,25,29). The molecule has 3 rings (SSSR count). The molecule has 0 aromatic heterocycles. The maximum atomic E-state index is 12.3. The van der Waals surface area contributed by atoms with E-state index in [1.807, 2.05) is 25.9 Å². The molecule has 1 aliphatic heterocycles. The van der Waals surface area contributed by atoms with Crippen molar-refractivity contribution >= 4 is 34.8 Å².